The molecule has 1 rings (SSSR count). The number of rotatable bonds is 4. The second kappa shape index (κ2) is 7.33. The SMILES string of the molecule is CC(C)(C)OC(=O)N1CCCC(F)C1CCCN=[N+]=[N-]. The van der Waals surface area contributed by atoms with Crippen molar-refractivity contribution in [1.29, 1.82) is 0 Å². The minimum atomic E-state index is -1.04. The first-order valence-corrected chi connectivity index (χ1v) is 6.99. The summed E-state index contributed by atoms with van der Waals surface area (Å²) in [5, 5.41) is 3.43. The van der Waals surface area contributed by atoms with E-state index < -0.39 is 23.9 Å². The molecule has 0 aromatic carbocycles. The smallest absolute Gasteiger partial charge is 0.410 e. The van der Waals surface area contributed by atoms with Crippen LogP contribution < -0.4 is 0 Å². The number of azide groups is 1. The molecule has 0 spiro atoms. The zero-order valence-corrected chi connectivity index (χ0v) is 12.4. The number of carbonyl (C=O) groups is 1. The van der Waals surface area contributed by atoms with Gasteiger partial charge in [0.2, 0.25) is 0 Å². The lowest BCUT2D eigenvalue weighted by atomic mass is 9.96. The Labute approximate surface area is 118 Å². The van der Waals surface area contributed by atoms with E-state index in [1.165, 1.54) is 4.90 Å². The minimum absolute atomic E-state index is 0.321. The van der Waals surface area contributed by atoms with Crippen LogP contribution in [0, 0.1) is 0 Å². The Balaban J connectivity index is 2.64. The van der Waals surface area contributed by atoms with E-state index in [2.05, 4.69) is 10.0 Å². The number of halogens is 1. The lowest BCUT2D eigenvalue weighted by Gasteiger charge is -2.38. The molecule has 1 saturated heterocycles. The summed E-state index contributed by atoms with van der Waals surface area (Å²) in [5.41, 5.74) is 7.64. The number of amides is 1. The van der Waals surface area contributed by atoms with Crippen LogP contribution in [0.3, 0.4) is 0 Å². The van der Waals surface area contributed by atoms with Gasteiger partial charge in [0, 0.05) is 18.0 Å². The van der Waals surface area contributed by atoms with Crippen LogP contribution in [-0.4, -0.2) is 41.9 Å². The van der Waals surface area contributed by atoms with E-state index in [1.807, 2.05) is 0 Å². The van der Waals surface area contributed by atoms with Crippen molar-refractivity contribution in [3.8, 4) is 0 Å². The van der Waals surface area contributed by atoms with E-state index in [9.17, 15) is 9.18 Å². The molecule has 0 aromatic rings. The van der Waals surface area contributed by atoms with Gasteiger partial charge in [0.05, 0.1) is 6.04 Å². The molecule has 0 saturated carbocycles. The quantitative estimate of drug-likeness (QED) is 0.341. The maximum absolute atomic E-state index is 14.0. The highest BCUT2D eigenvalue weighted by atomic mass is 19.1. The van der Waals surface area contributed by atoms with Gasteiger partial charge >= 0.3 is 6.09 Å². The first-order chi connectivity index (χ1) is 9.35. The van der Waals surface area contributed by atoms with Gasteiger partial charge < -0.3 is 9.64 Å². The molecule has 0 aliphatic carbocycles. The van der Waals surface area contributed by atoms with Crippen molar-refractivity contribution in [3.05, 3.63) is 10.4 Å². The van der Waals surface area contributed by atoms with Gasteiger partial charge in [-0.1, -0.05) is 5.11 Å². The van der Waals surface area contributed by atoms with Gasteiger partial charge in [-0.25, -0.2) is 9.18 Å². The van der Waals surface area contributed by atoms with Gasteiger partial charge in [-0.3, -0.25) is 0 Å². The molecule has 0 radical (unpaired) electrons. The molecule has 1 fully saturated rings. The second-order valence-corrected chi connectivity index (χ2v) is 6.00. The molecule has 1 aliphatic heterocycles. The number of nitrogens with zero attached hydrogens (tertiary/aromatic N) is 4. The molecule has 20 heavy (non-hydrogen) atoms. The molecule has 0 bridgehead atoms. The predicted octanol–water partition coefficient (Wildman–Crippen LogP) is 3.81. The summed E-state index contributed by atoms with van der Waals surface area (Å²) in [6.07, 6.45) is 0.656. The maximum atomic E-state index is 14.0. The van der Waals surface area contributed by atoms with Gasteiger partial charge in [-0.05, 0) is 52.0 Å². The highest BCUT2D eigenvalue weighted by Gasteiger charge is 2.36. The van der Waals surface area contributed by atoms with Gasteiger partial charge in [0.1, 0.15) is 11.8 Å². The Kier molecular flexibility index (Phi) is 6.07. The number of hydrogen-bond acceptors (Lipinski definition) is 3. The fourth-order valence-electron chi connectivity index (χ4n) is 2.31. The monoisotopic (exact) mass is 286 g/mol. The molecule has 2 atom stereocenters. The molecule has 1 aliphatic rings. The molecule has 0 aromatic heterocycles. The van der Waals surface area contributed by atoms with Gasteiger partial charge in [0.15, 0.2) is 0 Å². The third kappa shape index (κ3) is 5.25. The van der Waals surface area contributed by atoms with Crippen molar-refractivity contribution < 1.29 is 13.9 Å². The summed E-state index contributed by atoms with van der Waals surface area (Å²) in [7, 11) is 0. The number of hydrogen-bond donors (Lipinski definition) is 0. The van der Waals surface area contributed by atoms with Crippen molar-refractivity contribution in [3.63, 3.8) is 0 Å². The first kappa shape index (κ1) is 16.6. The van der Waals surface area contributed by atoms with Crippen molar-refractivity contribution in [2.75, 3.05) is 13.1 Å². The highest BCUT2D eigenvalue weighted by molar-refractivity contribution is 5.68. The van der Waals surface area contributed by atoms with E-state index in [-0.39, 0.29) is 0 Å². The second-order valence-electron chi connectivity index (χ2n) is 6.00. The number of alkyl halides is 1. The van der Waals surface area contributed by atoms with Crippen molar-refractivity contribution in [2.45, 2.75) is 64.3 Å². The lowest BCUT2D eigenvalue weighted by Crippen LogP contribution is -2.51. The van der Waals surface area contributed by atoms with E-state index in [0.29, 0.717) is 38.8 Å². The normalized spacial score (nSPS) is 23.1. The van der Waals surface area contributed by atoms with Crippen molar-refractivity contribution in [2.24, 2.45) is 5.11 Å². The molecule has 7 heteroatoms. The molecule has 114 valence electrons. The minimum Gasteiger partial charge on any atom is -0.444 e. The van der Waals surface area contributed by atoms with Gasteiger partial charge in [-0.15, -0.1) is 0 Å². The highest BCUT2D eigenvalue weighted by Crippen LogP contribution is 2.26. The molecular weight excluding hydrogens is 263 g/mol. The summed E-state index contributed by atoms with van der Waals surface area (Å²) in [4.78, 5) is 16.3. The van der Waals surface area contributed by atoms with Crippen LogP contribution in [0.25, 0.3) is 10.4 Å². The predicted molar refractivity (Wildman–Crippen MR) is 74.1 cm³/mol. The number of carbonyl (C=O) groups excluding carboxylic acids is 1. The third-order valence-corrected chi connectivity index (χ3v) is 3.15. The zero-order chi connectivity index (χ0) is 15.2. The molecule has 1 amide bonds. The molecule has 2 unspecified atom stereocenters. The Morgan fingerprint density at radius 3 is 2.85 bits per heavy atom. The van der Waals surface area contributed by atoms with Crippen molar-refractivity contribution >= 4 is 6.09 Å². The van der Waals surface area contributed by atoms with Crippen LogP contribution in [0.5, 0.6) is 0 Å². The van der Waals surface area contributed by atoms with Crippen LogP contribution >= 0.6 is 0 Å². The number of piperidine rings is 1. The Hall–Kier alpha value is -1.49. The summed E-state index contributed by atoms with van der Waals surface area (Å²) in [6, 6.07) is -0.479. The summed E-state index contributed by atoms with van der Waals surface area (Å²) in [5.74, 6) is 0. The van der Waals surface area contributed by atoms with E-state index in [1.54, 1.807) is 20.8 Å². The van der Waals surface area contributed by atoms with Gasteiger partial charge in [-0.2, -0.15) is 0 Å². The number of ether oxygens (including phenoxy) is 1. The van der Waals surface area contributed by atoms with Crippen LogP contribution in [0.2, 0.25) is 0 Å². The number of likely N-dealkylation sites (tertiary alicyclic amines) is 1. The fourth-order valence-corrected chi connectivity index (χ4v) is 2.31. The largest absolute Gasteiger partial charge is 0.444 e. The standard InChI is InChI=1S/C13H23FN4O2/c1-13(2,3)20-12(19)18-9-5-6-10(14)11(18)7-4-8-16-17-15/h10-11H,4-9H2,1-3H3. The Morgan fingerprint density at radius 2 is 2.25 bits per heavy atom. The van der Waals surface area contributed by atoms with Crippen molar-refractivity contribution in [1.82, 2.24) is 4.90 Å². The first-order valence-electron chi connectivity index (χ1n) is 6.99. The fraction of sp³-hybridized carbons (Fsp3) is 0.923. The van der Waals surface area contributed by atoms with Crippen LogP contribution in [-0.2, 0) is 4.74 Å². The summed E-state index contributed by atoms with van der Waals surface area (Å²) < 4.78 is 19.4. The molecule has 0 N–H and O–H groups in total. The van der Waals surface area contributed by atoms with Gasteiger partial charge in [0.25, 0.3) is 0 Å². The summed E-state index contributed by atoms with van der Waals surface area (Å²) in [6.45, 7) is 6.21. The molecule has 6 nitrogen and oxygen atoms in total. The Morgan fingerprint density at radius 1 is 1.55 bits per heavy atom. The van der Waals surface area contributed by atoms with E-state index in [0.717, 1.165) is 0 Å². The summed E-state index contributed by atoms with van der Waals surface area (Å²) >= 11 is 0. The average molecular weight is 286 g/mol. The lowest BCUT2D eigenvalue weighted by molar-refractivity contribution is -0.00691. The molecular formula is C13H23FN4O2. The van der Waals surface area contributed by atoms with E-state index >= 15 is 0 Å². The van der Waals surface area contributed by atoms with Crippen LogP contribution in [0.4, 0.5) is 9.18 Å². The topological polar surface area (TPSA) is 78.3 Å². The third-order valence-electron chi connectivity index (χ3n) is 3.15. The average Bonchev–Trinajstić information content (AvgIpc) is 2.34. The van der Waals surface area contributed by atoms with Crippen LogP contribution in [0.1, 0.15) is 46.5 Å². The Bertz CT molecular complexity index is 377. The zero-order valence-electron chi connectivity index (χ0n) is 12.4. The van der Waals surface area contributed by atoms with E-state index in [4.69, 9.17) is 10.3 Å². The molecule has 1 heterocycles. The maximum Gasteiger partial charge on any atom is 0.410 e. The van der Waals surface area contributed by atoms with Crippen LogP contribution in [0.15, 0.2) is 5.11 Å².